The molecule has 0 saturated carbocycles. The Morgan fingerprint density at radius 1 is 1.22 bits per heavy atom. The molecular weight excluding hydrogens is 456 g/mol. The van der Waals surface area contributed by atoms with Crippen molar-refractivity contribution < 1.29 is 14.5 Å². The lowest BCUT2D eigenvalue weighted by molar-refractivity contribution is -0.384. The molecule has 2 aromatic carbocycles. The fraction of sp³-hybridized carbons (Fsp3) is 0.200. The van der Waals surface area contributed by atoms with Crippen molar-refractivity contribution >= 4 is 46.6 Å². The zero-order valence-electron chi connectivity index (χ0n) is 17.1. The van der Waals surface area contributed by atoms with Gasteiger partial charge in [-0.2, -0.15) is 0 Å². The quantitative estimate of drug-likeness (QED) is 0.289. The van der Waals surface area contributed by atoms with Crippen LogP contribution in [0.2, 0.25) is 5.02 Å². The molecule has 1 atom stereocenters. The molecule has 0 unspecified atom stereocenters. The zero-order chi connectivity index (χ0) is 23.3. The summed E-state index contributed by atoms with van der Waals surface area (Å²) in [6.45, 7) is 1.79. The van der Waals surface area contributed by atoms with Gasteiger partial charge in [-0.15, -0.1) is 10.2 Å². The Morgan fingerprint density at radius 3 is 2.62 bits per heavy atom. The van der Waals surface area contributed by atoms with Crippen molar-refractivity contribution in [2.24, 2.45) is 7.05 Å². The standard InChI is InChI=1S/C20H19ClN6O4S/c1-12(22-19(29)13-6-4-3-5-7-13)18-24-25-20(26(18)2)32-11-17(28)23-16-10-14(27(30)31)8-9-15(16)21/h3-10,12H,11H2,1-2H3,(H,22,29)(H,23,28)/t12-/m1/s1. The lowest BCUT2D eigenvalue weighted by Gasteiger charge is -2.13. The molecule has 166 valence electrons. The maximum Gasteiger partial charge on any atom is 0.271 e. The molecule has 1 heterocycles. The third kappa shape index (κ3) is 5.62. The minimum atomic E-state index is -0.570. The van der Waals surface area contributed by atoms with Gasteiger partial charge in [-0.3, -0.25) is 19.7 Å². The van der Waals surface area contributed by atoms with Crippen LogP contribution in [0.15, 0.2) is 53.7 Å². The number of rotatable bonds is 8. The van der Waals surface area contributed by atoms with Crippen LogP contribution in [-0.2, 0) is 11.8 Å². The second-order valence-corrected chi connectivity index (χ2v) is 8.07. The molecule has 32 heavy (non-hydrogen) atoms. The van der Waals surface area contributed by atoms with Gasteiger partial charge in [0, 0.05) is 24.7 Å². The predicted octanol–water partition coefficient (Wildman–Crippen LogP) is 3.60. The molecule has 12 heteroatoms. The number of amides is 2. The number of hydrogen-bond donors (Lipinski definition) is 2. The topological polar surface area (TPSA) is 132 Å². The molecule has 3 aromatic rings. The highest BCUT2D eigenvalue weighted by Crippen LogP contribution is 2.27. The van der Waals surface area contributed by atoms with E-state index in [0.717, 1.165) is 11.8 Å². The molecular formula is C20H19ClN6O4S. The van der Waals surface area contributed by atoms with Gasteiger partial charge < -0.3 is 15.2 Å². The van der Waals surface area contributed by atoms with Crippen LogP contribution in [0.1, 0.15) is 29.1 Å². The van der Waals surface area contributed by atoms with E-state index in [1.807, 2.05) is 6.07 Å². The van der Waals surface area contributed by atoms with Crippen molar-refractivity contribution in [3.8, 4) is 0 Å². The first kappa shape index (κ1) is 23.2. The first-order valence-electron chi connectivity index (χ1n) is 9.38. The van der Waals surface area contributed by atoms with Gasteiger partial charge in [0.05, 0.1) is 27.4 Å². The van der Waals surface area contributed by atoms with Crippen LogP contribution >= 0.6 is 23.4 Å². The summed E-state index contributed by atoms with van der Waals surface area (Å²) in [5, 5.41) is 25.2. The van der Waals surface area contributed by atoms with E-state index in [2.05, 4.69) is 20.8 Å². The Kier molecular flexibility index (Phi) is 7.44. The number of thioether (sulfide) groups is 1. The SMILES string of the molecule is C[C@@H](NC(=O)c1ccccc1)c1nnc(SCC(=O)Nc2cc([N+](=O)[O-])ccc2Cl)n1C. The molecule has 2 N–H and O–H groups in total. The minimum Gasteiger partial charge on any atom is -0.342 e. The van der Waals surface area contributed by atoms with E-state index in [4.69, 9.17) is 11.6 Å². The van der Waals surface area contributed by atoms with E-state index >= 15 is 0 Å². The van der Waals surface area contributed by atoms with Gasteiger partial charge in [0.1, 0.15) is 0 Å². The summed E-state index contributed by atoms with van der Waals surface area (Å²) in [5.74, 6) is -0.134. The number of anilines is 1. The molecule has 1 aromatic heterocycles. The maximum atomic E-state index is 12.3. The van der Waals surface area contributed by atoms with Crippen molar-refractivity contribution in [2.75, 3.05) is 11.1 Å². The van der Waals surface area contributed by atoms with Crippen LogP contribution in [-0.4, -0.2) is 37.3 Å². The van der Waals surface area contributed by atoms with Crippen molar-refractivity contribution in [1.29, 1.82) is 0 Å². The molecule has 0 aliphatic heterocycles. The van der Waals surface area contributed by atoms with Gasteiger partial charge in [-0.1, -0.05) is 41.6 Å². The summed E-state index contributed by atoms with van der Waals surface area (Å²) in [5.41, 5.74) is 0.511. The molecule has 0 radical (unpaired) electrons. The monoisotopic (exact) mass is 474 g/mol. The number of nitro groups is 1. The minimum absolute atomic E-state index is 0.0181. The summed E-state index contributed by atoms with van der Waals surface area (Å²) in [6.07, 6.45) is 0. The van der Waals surface area contributed by atoms with Crippen LogP contribution in [0.25, 0.3) is 0 Å². The maximum absolute atomic E-state index is 12.3. The van der Waals surface area contributed by atoms with E-state index in [9.17, 15) is 19.7 Å². The summed E-state index contributed by atoms with van der Waals surface area (Å²) >= 11 is 7.14. The van der Waals surface area contributed by atoms with Crippen LogP contribution in [0.3, 0.4) is 0 Å². The lowest BCUT2D eigenvalue weighted by Crippen LogP contribution is -2.28. The van der Waals surface area contributed by atoms with Gasteiger partial charge >= 0.3 is 0 Å². The third-order valence-corrected chi connectivity index (χ3v) is 5.76. The number of carbonyl (C=O) groups excluding carboxylic acids is 2. The van der Waals surface area contributed by atoms with E-state index < -0.39 is 16.9 Å². The molecule has 2 amide bonds. The predicted molar refractivity (Wildman–Crippen MR) is 121 cm³/mol. The fourth-order valence-corrected chi connectivity index (χ4v) is 3.68. The Morgan fingerprint density at radius 2 is 1.94 bits per heavy atom. The first-order valence-corrected chi connectivity index (χ1v) is 10.7. The van der Waals surface area contributed by atoms with Crippen LogP contribution in [0, 0.1) is 10.1 Å². The molecule has 0 fully saturated rings. The van der Waals surface area contributed by atoms with Crippen molar-refractivity contribution in [2.45, 2.75) is 18.1 Å². The number of nitrogens with zero attached hydrogens (tertiary/aromatic N) is 4. The molecule has 0 saturated heterocycles. The van der Waals surface area contributed by atoms with Crippen LogP contribution in [0.4, 0.5) is 11.4 Å². The highest BCUT2D eigenvalue weighted by Gasteiger charge is 2.19. The van der Waals surface area contributed by atoms with Gasteiger partial charge in [0.25, 0.3) is 11.6 Å². The van der Waals surface area contributed by atoms with Crippen molar-refractivity contribution in [3.63, 3.8) is 0 Å². The largest absolute Gasteiger partial charge is 0.342 e. The van der Waals surface area contributed by atoms with Gasteiger partial charge in [0.2, 0.25) is 5.91 Å². The van der Waals surface area contributed by atoms with Gasteiger partial charge in [-0.25, -0.2) is 0 Å². The Balaban J connectivity index is 1.60. The number of nitrogens with one attached hydrogen (secondary N) is 2. The molecule has 10 nitrogen and oxygen atoms in total. The highest BCUT2D eigenvalue weighted by atomic mass is 35.5. The molecule has 0 aliphatic rings. The number of nitro benzene ring substituents is 1. The fourth-order valence-electron chi connectivity index (χ4n) is 2.80. The Hall–Kier alpha value is -3.44. The summed E-state index contributed by atoms with van der Waals surface area (Å²) < 4.78 is 1.69. The van der Waals surface area contributed by atoms with Crippen molar-refractivity contribution in [1.82, 2.24) is 20.1 Å². The molecule has 0 aliphatic carbocycles. The normalized spacial score (nSPS) is 11.6. The average Bonchev–Trinajstić information content (AvgIpc) is 3.14. The number of non-ortho nitro benzene ring substituents is 1. The van der Waals surface area contributed by atoms with E-state index in [1.165, 1.54) is 18.2 Å². The lowest BCUT2D eigenvalue weighted by atomic mass is 10.2. The van der Waals surface area contributed by atoms with E-state index in [0.29, 0.717) is 16.5 Å². The van der Waals surface area contributed by atoms with Crippen LogP contribution < -0.4 is 10.6 Å². The van der Waals surface area contributed by atoms with E-state index in [1.54, 1.807) is 42.8 Å². The summed E-state index contributed by atoms with van der Waals surface area (Å²) in [7, 11) is 1.73. The zero-order valence-corrected chi connectivity index (χ0v) is 18.7. The van der Waals surface area contributed by atoms with Gasteiger partial charge in [-0.05, 0) is 25.1 Å². The van der Waals surface area contributed by atoms with Crippen LogP contribution in [0.5, 0.6) is 0 Å². The second kappa shape index (κ2) is 10.2. The Bertz CT molecular complexity index is 1150. The number of halogens is 1. The number of aromatic nitrogens is 3. The average molecular weight is 475 g/mol. The smallest absolute Gasteiger partial charge is 0.271 e. The van der Waals surface area contributed by atoms with E-state index in [-0.39, 0.29) is 28.1 Å². The number of carbonyl (C=O) groups is 2. The van der Waals surface area contributed by atoms with Crippen molar-refractivity contribution in [3.05, 3.63) is 75.1 Å². The number of benzene rings is 2. The summed E-state index contributed by atoms with van der Waals surface area (Å²) in [6, 6.07) is 12.2. The van der Waals surface area contributed by atoms with Gasteiger partial charge in [0.15, 0.2) is 11.0 Å². The highest BCUT2D eigenvalue weighted by molar-refractivity contribution is 7.99. The first-order chi connectivity index (χ1) is 15.3. The second-order valence-electron chi connectivity index (χ2n) is 6.72. The number of hydrogen-bond acceptors (Lipinski definition) is 7. The molecule has 3 rings (SSSR count). The Labute approximate surface area is 192 Å². The molecule has 0 bridgehead atoms. The summed E-state index contributed by atoms with van der Waals surface area (Å²) in [4.78, 5) is 35.0. The molecule has 0 spiro atoms. The third-order valence-electron chi connectivity index (χ3n) is 4.41.